The molecular formula is C54H88O6. The van der Waals surface area contributed by atoms with Crippen molar-refractivity contribution in [2.24, 2.45) is 0 Å². The van der Waals surface area contributed by atoms with Gasteiger partial charge in [0.15, 0.2) is 6.10 Å². The van der Waals surface area contributed by atoms with E-state index in [1.807, 2.05) is 24.3 Å². The molecule has 0 saturated heterocycles. The first-order valence-electron chi connectivity index (χ1n) is 24.3. The molecule has 0 aromatic heterocycles. The van der Waals surface area contributed by atoms with E-state index >= 15 is 0 Å². The summed E-state index contributed by atoms with van der Waals surface area (Å²) in [7, 11) is 0. The molecule has 6 heteroatoms. The maximum atomic E-state index is 12.7. The monoisotopic (exact) mass is 833 g/mol. The summed E-state index contributed by atoms with van der Waals surface area (Å²) in [5.41, 5.74) is 0. The molecule has 0 aliphatic heterocycles. The molecule has 0 spiro atoms. The molecule has 0 radical (unpaired) electrons. The van der Waals surface area contributed by atoms with Gasteiger partial charge < -0.3 is 14.2 Å². The van der Waals surface area contributed by atoms with Crippen molar-refractivity contribution in [2.45, 2.75) is 213 Å². The van der Waals surface area contributed by atoms with Crippen LogP contribution in [0.5, 0.6) is 0 Å². The molecule has 0 heterocycles. The fourth-order valence-corrected chi connectivity index (χ4v) is 6.28. The quantitative estimate of drug-likeness (QED) is 0.0200. The SMILES string of the molecule is CC\C=C/C=C\C=C/C=C\CCCCCCCC(=O)OC(COC(=O)CCC/C=C\CCCCCC)COC(=O)CCCCCCC\C=C/C=C\C=C/CCCCCCC. The summed E-state index contributed by atoms with van der Waals surface area (Å²) in [5.74, 6) is -0.993. The van der Waals surface area contributed by atoms with Crippen molar-refractivity contribution < 1.29 is 28.6 Å². The van der Waals surface area contributed by atoms with Crippen LogP contribution >= 0.6 is 0 Å². The van der Waals surface area contributed by atoms with E-state index in [0.29, 0.717) is 19.3 Å². The van der Waals surface area contributed by atoms with Crippen molar-refractivity contribution >= 4 is 17.9 Å². The van der Waals surface area contributed by atoms with Crippen molar-refractivity contribution in [1.29, 1.82) is 0 Å². The second kappa shape index (κ2) is 48.0. The maximum Gasteiger partial charge on any atom is 0.306 e. The molecule has 0 rings (SSSR count). The third-order valence-electron chi connectivity index (χ3n) is 9.95. The predicted molar refractivity (Wildman–Crippen MR) is 256 cm³/mol. The molecule has 0 fully saturated rings. The minimum absolute atomic E-state index is 0.108. The van der Waals surface area contributed by atoms with Gasteiger partial charge in [-0.05, 0) is 83.5 Å². The molecule has 0 aromatic rings. The first-order valence-corrected chi connectivity index (χ1v) is 24.3. The molecule has 0 bridgehead atoms. The molecule has 0 N–H and O–H groups in total. The van der Waals surface area contributed by atoms with Gasteiger partial charge >= 0.3 is 17.9 Å². The van der Waals surface area contributed by atoms with Crippen LogP contribution in [0, 0.1) is 0 Å². The highest BCUT2D eigenvalue weighted by molar-refractivity contribution is 5.71. The molecular weight excluding hydrogens is 745 g/mol. The number of carbonyl (C=O) groups is 3. The van der Waals surface area contributed by atoms with E-state index in [1.54, 1.807) is 0 Å². The van der Waals surface area contributed by atoms with E-state index in [2.05, 4.69) is 93.7 Å². The van der Waals surface area contributed by atoms with Gasteiger partial charge in [0.2, 0.25) is 0 Å². The average Bonchev–Trinajstić information content (AvgIpc) is 3.24. The summed E-state index contributed by atoms with van der Waals surface area (Å²) >= 11 is 0. The van der Waals surface area contributed by atoms with E-state index in [9.17, 15) is 14.4 Å². The number of carbonyl (C=O) groups excluding carboxylic acids is 3. The topological polar surface area (TPSA) is 78.9 Å². The summed E-state index contributed by atoms with van der Waals surface area (Å²) in [6.45, 7) is 6.36. The molecule has 0 aliphatic carbocycles. The minimum Gasteiger partial charge on any atom is -0.462 e. The van der Waals surface area contributed by atoms with Gasteiger partial charge in [-0.2, -0.15) is 0 Å². The summed E-state index contributed by atoms with van der Waals surface area (Å²) in [6, 6.07) is 0. The Morgan fingerprint density at radius 2 is 0.683 bits per heavy atom. The number of hydrogen-bond acceptors (Lipinski definition) is 6. The van der Waals surface area contributed by atoms with Gasteiger partial charge in [-0.15, -0.1) is 0 Å². The van der Waals surface area contributed by atoms with Crippen LogP contribution in [0.15, 0.2) is 97.2 Å². The lowest BCUT2D eigenvalue weighted by atomic mass is 10.1. The lowest BCUT2D eigenvalue weighted by molar-refractivity contribution is -0.167. The van der Waals surface area contributed by atoms with Gasteiger partial charge in [0.05, 0.1) is 0 Å². The van der Waals surface area contributed by atoms with Crippen LogP contribution in [-0.2, 0) is 28.6 Å². The molecule has 1 atom stereocenters. The van der Waals surface area contributed by atoms with Crippen molar-refractivity contribution in [3.8, 4) is 0 Å². The Morgan fingerprint density at radius 1 is 0.350 bits per heavy atom. The third kappa shape index (κ3) is 45.4. The maximum absolute atomic E-state index is 12.7. The molecule has 6 nitrogen and oxygen atoms in total. The first-order chi connectivity index (χ1) is 29.5. The zero-order chi connectivity index (χ0) is 43.7. The highest BCUT2D eigenvalue weighted by Gasteiger charge is 2.19. The van der Waals surface area contributed by atoms with Gasteiger partial charge in [-0.1, -0.05) is 201 Å². The van der Waals surface area contributed by atoms with E-state index in [-0.39, 0.29) is 37.5 Å². The normalized spacial score (nSPS) is 12.9. The van der Waals surface area contributed by atoms with Crippen molar-refractivity contribution in [1.82, 2.24) is 0 Å². The van der Waals surface area contributed by atoms with E-state index in [0.717, 1.165) is 103 Å². The van der Waals surface area contributed by atoms with E-state index < -0.39 is 6.10 Å². The fraction of sp³-hybridized carbons (Fsp3) is 0.648. The van der Waals surface area contributed by atoms with Gasteiger partial charge in [0.25, 0.3) is 0 Å². The van der Waals surface area contributed by atoms with Crippen molar-refractivity contribution in [3.63, 3.8) is 0 Å². The Labute approximate surface area is 368 Å². The van der Waals surface area contributed by atoms with Crippen LogP contribution in [0.25, 0.3) is 0 Å². The van der Waals surface area contributed by atoms with Crippen LogP contribution in [0.4, 0.5) is 0 Å². The van der Waals surface area contributed by atoms with Crippen molar-refractivity contribution in [2.75, 3.05) is 13.2 Å². The van der Waals surface area contributed by atoms with Gasteiger partial charge in [-0.3, -0.25) is 14.4 Å². The van der Waals surface area contributed by atoms with Crippen LogP contribution < -0.4 is 0 Å². The number of esters is 3. The Bertz CT molecular complexity index is 1230. The van der Waals surface area contributed by atoms with E-state index in [1.165, 1.54) is 57.8 Å². The molecule has 60 heavy (non-hydrogen) atoms. The molecule has 340 valence electrons. The zero-order valence-corrected chi connectivity index (χ0v) is 38.7. The summed E-state index contributed by atoms with van der Waals surface area (Å²) in [4.78, 5) is 37.8. The highest BCUT2D eigenvalue weighted by Crippen LogP contribution is 2.12. The third-order valence-corrected chi connectivity index (χ3v) is 9.95. The standard InChI is InChI=1S/C54H88O6/c1-4-7-10-13-16-19-21-23-25-26-27-29-30-32-35-38-41-44-47-53(56)59-50-51(49-58-52(55)46-43-40-37-34-18-15-12-9-6-3)60-54(57)48-45-42-39-36-33-31-28-24-22-20-17-14-11-8-5-2/h8,11,14,17,20-29,34,37,51H,4-7,9-10,12-13,15-16,18-19,30-33,35-36,38-50H2,1-3H3/b11-8-,17-14-,22-20-,23-21-,26-25-,28-24-,29-27-,37-34-. The molecule has 0 aliphatic rings. The van der Waals surface area contributed by atoms with Gasteiger partial charge in [0, 0.05) is 19.3 Å². The lowest BCUT2D eigenvalue weighted by Gasteiger charge is -2.18. The number of rotatable bonds is 42. The Balaban J connectivity index is 4.46. The molecule has 0 aromatic carbocycles. The van der Waals surface area contributed by atoms with Crippen LogP contribution in [0.3, 0.4) is 0 Å². The van der Waals surface area contributed by atoms with Gasteiger partial charge in [-0.25, -0.2) is 0 Å². The van der Waals surface area contributed by atoms with E-state index in [4.69, 9.17) is 14.2 Å². The zero-order valence-electron chi connectivity index (χ0n) is 38.7. The molecule has 0 saturated carbocycles. The first kappa shape index (κ1) is 56.3. The summed E-state index contributed by atoms with van der Waals surface area (Å²) in [5, 5.41) is 0. The number of hydrogen-bond donors (Lipinski definition) is 0. The molecule has 1 unspecified atom stereocenters. The second-order valence-corrected chi connectivity index (χ2v) is 15.8. The average molecular weight is 833 g/mol. The minimum atomic E-state index is -0.809. The van der Waals surface area contributed by atoms with Crippen LogP contribution in [0.1, 0.15) is 207 Å². The Kier molecular flexibility index (Phi) is 45.1. The highest BCUT2D eigenvalue weighted by atomic mass is 16.6. The smallest absolute Gasteiger partial charge is 0.306 e. The number of unbranched alkanes of at least 4 members (excludes halogenated alkanes) is 20. The predicted octanol–water partition coefficient (Wildman–Crippen LogP) is 15.8. The Morgan fingerprint density at radius 3 is 1.15 bits per heavy atom. The second-order valence-electron chi connectivity index (χ2n) is 15.8. The Hall–Kier alpha value is -3.67. The van der Waals surface area contributed by atoms with Crippen LogP contribution in [0.2, 0.25) is 0 Å². The summed E-state index contributed by atoms with van der Waals surface area (Å²) in [6.07, 6.45) is 62.5. The fourth-order valence-electron chi connectivity index (χ4n) is 6.28. The largest absolute Gasteiger partial charge is 0.462 e. The van der Waals surface area contributed by atoms with Crippen LogP contribution in [-0.4, -0.2) is 37.2 Å². The number of ether oxygens (including phenoxy) is 3. The molecule has 0 amide bonds. The summed E-state index contributed by atoms with van der Waals surface area (Å²) < 4.78 is 16.7. The van der Waals surface area contributed by atoms with Gasteiger partial charge in [0.1, 0.15) is 13.2 Å². The lowest BCUT2D eigenvalue weighted by Crippen LogP contribution is -2.30. The van der Waals surface area contributed by atoms with Crippen molar-refractivity contribution in [3.05, 3.63) is 97.2 Å². The number of allylic oxidation sites excluding steroid dienone is 16.